The summed E-state index contributed by atoms with van der Waals surface area (Å²) in [6, 6.07) is 4.61. The molecule has 0 atom stereocenters. The number of methoxy groups -OCH3 is 1. The van der Waals surface area contributed by atoms with Crippen LogP contribution in [0.15, 0.2) is 18.2 Å². The van der Waals surface area contributed by atoms with Crippen molar-refractivity contribution in [1.82, 2.24) is 0 Å². The number of anilines is 1. The second-order valence-corrected chi connectivity index (χ2v) is 4.03. The number of thiocarbonyl (C=S) groups is 1. The SMILES string of the molecule is COCCOCCNc1ccc(C(N)=S)cc1F. The molecule has 0 aliphatic rings. The average Bonchev–Trinajstić information content (AvgIpc) is 2.35. The van der Waals surface area contributed by atoms with Crippen LogP contribution in [-0.4, -0.2) is 38.5 Å². The summed E-state index contributed by atoms with van der Waals surface area (Å²) in [6.45, 7) is 2.09. The first-order chi connectivity index (χ1) is 8.65. The van der Waals surface area contributed by atoms with Gasteiger partial charge in [0.25, 0.3) is 0 Å². The fourth-order valence-corrected chi connectivity index (χ4v) is 1.44. The molecule has 0 radical (unpaired) electrons. The quantitative estimate of drug-likeness (QED) is 0.555. The molecular formula is C12H17FN2O2S. The lowest BCUT2D eigenvalue weighted by Gasteiger charge is -2.09. The van der Waals surface area contributed by atoms with E-state index in [1.807, 2.05) is 0 Å². The summed E-state index contributed by atoms with van der Waals surface area (Å²) >= 11 is 4.77. The predicted molar refractivity (Wildman–Crippen MR) is 73.5 cm³/mol. The second kappa shape index (κ2) is 7.97. The molecule has 0 spiro atoms. The zero-order valence-corrected chi connectivity index (χ0v) is 11.1. The highest BCUT2D eigenvalue weighted by atomic mass is 32.1. The van der Waals surface area contributed by atoms with Crippen LogP contribution in [0, 0.1) is 5.82 Å². The molecule has 1 aromatic rings. The fourth-order valence-electron chi connectivity index (χ4n) is 1.31. The summed E-state index contributed by atoms with van der Waals surface area (Å²) < 4.78 is 23.7. The summed E-state index contributed by atoms with van der Waals surface area (Å²) in [5, 5.41) is 2.93. The van der Waals surface area contributed by atoms with E-state index in [0.29, 0.717) is 37.6 Å². The van der Waals surface area contributed by atoms with Gasteiger partial charge in [0.05, 0.1) is 25.5 Å². The Morgan fingerprint density at radius 1 is 1.39 bits per heavy atom. The van der Waals surface area contributed by atoms with Gasteiger partial charge in [-0.1, -0.05) is 12.2 Å². The number of nitrogens with one attached hydrogen (secondary N) is 1. The summed E-state index contributed by atoms with van der Waals surface area (Å²) in [6.07, 6.45) is 0. The van der Waals surface area contributed by atoms with Gasteiger partial charge in [-0.25, -0.2) is 4.39 Å². The number of hydrogen-bond donors (Lipinski definition) is 2. The van der Waals surface area contributed by atoms with Crippen LogP contribution in [0.2, 0.25) is 0 Å². The van der Waals surface area contributed by atoms with Gasteiger partial charge in [0.1, 0.15) is 10.8 Å². The molecule has 0 aliphatic carbocycles. The number of benzene rings is 1. The first-order valence-corrected chi connectivity index (χ1v) is 5.96. The summed E-state index contributed by atoms with van der Waals surface area (Å²) in [5.41, 5.74) is 6.34. The molecule has 0 saturated heterocycles. The lowest BCUT2D eigenvalue weighted by molar-refractivity contribution is 0.0759. The topological polar surface area (TPSA) is 56.5 Å². The van der Waals surface area contributed by atoms with Gasteiger partial charge in [0.15, 0.2) is 0 Å². The van der Waals surface area contributed by atoms with Gasteiger partial charge in [-0.2, -0.15) is 0 Å². The van der Waals surface area contributed by atoms with E-state index in [0.717, 1.165) is 0 Å². The second-order valence-electron chi connectivity index (χ2n) is 3.59. The van der Waals surface area contributed by atoms with Gasteiger partial charge < -0.3 is 20.5 Å². The minimum Gasteiger partial charge on any atom is -0.389 e. The van der Waals surface area contributed by atoms with Crippen molar-refractivity contribution in [2.24, 2.45) is 5.73 Å². The van der Waals surface area contributed by atoms with Crippen LogP contribution >= 0.6 is 12.2 Å². The smallest absolute Gasteiger partial charge is 0.146 e. The first kappa shape index (κ1) is 14.8. The predicted octanol–water partition coefficient (Wildman–Crippen LogP) is 1.53. The third-order valence-electron chi connectivity index (χ3n) is 2.25. The third-order valence-corrected chi connectivity index (χ3v) is 2.48. The van der Waals surface area contributed by atoms with Crippen LogP contribution in [0.4, 0.5) is 10.1 Å². The minimum absolute atomic E-state index is 0.184. The van der Waals surface area contributed by atoms with E-state index >= 15 is 0 Å². The highest BCUT2D eigenvalue weighted by Gasteiger charge is 2.04. The Morgan fingerprint density at radius 3 is 2.78 bits per heavy atom. The molecule has 6 heteroatoms. The number of hydrogen-bond acceptors (Lipinski definition) is 4. The van der Waals surface area contributed by atoms with Gasteiger partial charge >= 0.3 is 0 Å². The van der Waals surface area contributed by atoms with Crippen molar-refractivity contribution in [1.29, 1.82) is 0 Å². The van der Waals surface area contributed by atoms with E-state index in [1.165, 1.54) is 6.07 Å². The standard InChI is InChI=1S/C12H17FN2O2S/c1-16-6-7-17-5-4-15-11-3-2-9(12(14)18)8-10(11)13/h2-3,8,15H,4-7H2,1H3,(H2,14,18). The van der Waals surface area contributed by atoms with Gasteiger partial charge in [-0.15, -0.1) is 0 Å². The number of halogens is 1. The molecule has 0 unspecified atom stereocenters. The van der Waals surface area contributed by atoms with Crippen LogP contribution in [0.5, 0.6) is 0 Å². The molecule has 18 heavy (non-hydrogen) atoms. The first-order valence-electron chi connectivity index (χ1n) is 5.55. The minimum atomic E-state index is -0.378. The van der Waals surface area contributed by atoms with Crippen molar-refractivity contribution < 1.29 is 13.9 Å². The Kier molecular flexibility index (Phi) is 6.56. The molecule has 0 fully saturated rings. The van der Waals surface area contributed by atoms with Gasteiger partial charge in [-0.05, 0) is 18.2 Å². The molecule has 0 amide bonds. The van der Waals surface area contributed by atoms with Crippen molar-refractivity contribution >= 4 is 22.9 Å². The maximum absolute atomic E-state index is 13.6. The Morgan fingerprint density at radius 2 is 2.17 bits per heavy atom. The molecule has 0 saturated carbocycles. The molecule has 0 bridgehead atoms. The van der Waals surface area contributed by atoms with Crippen LogP contribution in [0.25, 0.3) is 0 Å². The third kappa shape index (κ3) is 4.95. The number of ether oxygens (including phenoxy) is 2. The Labute approximate surface area is 111 Å². The van der Waals surface area contributed by atoms with E-state index in [-0.39, 0.29) is 10.8 Å². The van der Waals surface area contributed by atoms with Gasteiger partial charge in [0.2, 0.25) is 0 Å². The van der Waals surface area contributed by atoms with Crippen molar-refractivity contribution in [3.63, 3.8) is 0 Å². The molecule has 100 valence electrons. The molecule has 0 heterocycles. The van der Waals surface area contributed by atoms with E-state index in [2.05, 4.69) is 5.32 Å². The van der Waals surface area contributed by atoms with Crippen LogP contribution in [0.3, 0.4) is 0 Å². The number of rotatable bonds is 8. The monoisotopic (exact) mass is 272 g/mol. The van der Waals surface area contributed by atoms with Gasteiger partial charge in [-0.3, -0.25) is 0 Å². The van der Waals surface area contributed by atoms with Crippen molar-refractivity contribution in [3.8, 4) is 0 Å². The Balaban J connectivity index is 2.36. The summed E-state index contributed by atoms with van der Waals surface area (Å²) in [7, 11) is 1.61. The zero-order chi connectivity index (χ0) is 13.4. The Hall–Kier alpha value is -1.24. The average molecular weight is 272 g/mol. The van der Waals surface area contributed by atoms with Crippen molar-refractivity contribution in [3.05, 3.63) is 29.6 Å². The molecule has 1 rings (SSSR count). The molecular weight excluding hydrogens is 255 g/mol. The van der Waals surface area contributed by atoms with Crippen LogP contribution in [0.1, 0.15) is 5.56 Å². The maximum Gasteiger partial charge on any atom is 0.146 e. The summed E-state index contributed by atoms with van der Waals surface area (Å²) in [5.74, 6) is -0.378. The largest absolute Gasteiger partial charge is 0.389 e. The van der Waals surface area contributed by atoms with E-state index in [9.17, 15) is 4.39 Å². The van der Waals surface area contributed by atoms with E-state index in [1.54, 1.807) is 19.2 Å². The van der Waals surface area contributed by atoms with E-state index < -0.39 is 0 Å². The molecule has 1 aromatic carbocycles. The molecule has 3 N–H and O–H groups in total. The highest BCUT2D eigenvalue weighted by Crippen LogP contribution is 2.15. The molecule has 0 aliphatic heterocycles. The lowest BCUT2D eigenvalue weighted by atomic mass is 10.2. The Bertz CT molecular complexity index is 402. The van der Waals surface area contributed by atoms with Crippen LogP contribution in [-0.2, 0) is 9.47 Å². The van der Waals surface area contributed by atoms with E-state index in [4.69, 9.17) is 27.4 Å². The normalized spacial score (nSPS) is 10.3. The van der Waals surface area contributed by atoms with Crippen LogP contribution < -0.4 is 11.1 Å². The lowest BCUT2D eigenvalue weighted by Crippen LogP contribution is -2.14. The van der Waals surface area contributed by atoms with Gasteiger partial charge in [0, 0.05) is 19.2 Å². The highest BCUT2D eigenvalue weighted by molar-refractivity contribution is 7.80. The fraction of sp³-hybridized carbons (Fsp3) is 0.417. The molecule has 4 nitrogen and oxygen atoms in total. The maximum atomic E-state index is 13.6. The molecule has 0 aromatic heterocycles. The zero-order valence-electron chi connectivity index (χ0n) is 10.2. The summed E-state index contributed by atoms with van der Waals surface area (Å²) in [4.78, 5) is 0.184. The van der Waals surface area contributed by atoms with Crippen molar-refractivity contribution in [2.45, 2.75) is 0 Å². The van der Waals surface area contributed by atoms with Crippen molar-refractivity contribution in [2.75, 3.05) is 38.8 Å². The number of nitrogens with two attached hydrogens (primary N) is 1.